The van der Waals surface area contributed by atoms with Crippen LogP contribution in [0.5, 0.6) is 11.5 Å². The molecule has 1 atom stereocenters. The fourth-order valence-corrected chi connectivity index (χ4v) is 3.17. The van der Waals surface area contributed by atoms with E-state index in [9.17, 15) is 4.79 Å². The minimum atomic E-state index is -0.171. The lowest BCUT2D eigenvalue weighted by molar-refractivity contribution is -0.119. The van der Waals surface area contributed by atoms with Crippen molar-refractivity contribution < 1.29 is 23.1 Å². The zero-order valence-electron chi connectivity index (χ0n) is 14.5. The Hall–Kier alpha value is -2.94. The van der Waals surface area contributed by atoms with Crippen molar-refractivity contribution in [2.75, 3.05) is 19.0 Å². The highest BCUT2D eigenvalue weighted by molar-refractivity contribution is 7.99. The maximum absolute atomic E-state index is 12.2. The SMILES string of the molecule is C[C@@H](NC(=O)CSc1nnc(-c2ccco2)o1)c1ccc2c(c1)OCCO2. The number of hydrogen-bond donors (Lipinski definition) is 1. The number of hydrogen-bond acceptors (Lipinski definition) is 8. The second kappa shape index (κ2) is 7.75. The van der Waals surface area contributed by atoms with E-state index < -0.39 is 0 Å². The van der Waals surface area contributed by atoms with Crippen LogP contribution < -0.4 is 14.8 Å². The highest BCUT2D eigenvalue weighted by atomic mass is 32.2. The van der Waals surface area contributed by atoms with Gasteiger partial charge >= 0.3 is 0 Å². The first-order valence-corrected chi connectivity index (χ1v) is 9.37. The predicted molar refractivity (Wildman–Crippen MR) is 96.7 cm³/mol. The maximum Gasteiger partial charge on any atom is 0.284 e. The summed E-state index contributed by atoms with van der Waals surface area (Å²) in [5.41, 5.74) is 0.940. The molecule has 1 aliphatic rings. The summed E-state index contributed by atoms with van der Waals surface area (Å²) >= 11 is 1.17. The number of ether oxygens (including phenoxy) is 2. The van der Waals surface area contributed by atoms with Gasteiger partial charge in [-0.1, -0.05) is 17.8 Å². The molecule has 0 spiro atoms. The lowest BCUT2D eigenvalue weighted by Crippen LogP contribution is -2.28. The third-order valence-electron chi connectivity index (χ3n) is 3.91. The van der Waals surface area contributed by atoms with Crippen LogP contribution >= 0.6 is 11.8 Å². The Morgan fingerprint density at radius 3 is 2.89 bits per heavy atom. The Morgan fingerprint density at radius 2 is 2.07 bits per heavy atom. The van der Waals surface area contributed by atoms with Gasteiger partial charge in [-0.15, -0.1) is 10.2 Å². The monoisotopic (exact) mass is 387 g/mol. The van der Waals surface area contributed by atoms with Gasteiger partial charge in [0.25, 0.3) is 11.1 Å². The van der Waals surface area contributed by atoms with Gasteiger partial charge in [-0.2, -0.15) is 0 Å². The fraction of sp³-hybridized carbons (Fsp3) is 0.278. The summed E-state index contributed by atoms with van der Waals surface area (Å²) in [6.45, 7) is 2.99. The van der Waals surface area contributed by atoms with Crippen LogP contribution in [0.2, 0.25) is 0 Å². The van der Waals surface area contributed by atoms with Crippen LogP contribution in [0.25, 0.3) is 11.7 Å². The molecule has 8 nitrogen and oxygen atoms in total. The van der Waals surface area contributed by atoms with Gasteiger partial charge in [0, 0.05) is 0 Å². The summed E-state index contributed by atoms with van der Waals surface area (Å²) in [6.07, 6.45) is 1.53. The Labute approximate surface area is 159 Å². The van der Waals surface area contributed by atoms with Crippen molar-refractivity contribution in [2.45, 2.75) is 18.2 Å². The Bertz CT molecular complexity index is 925. The smallest absolute Gasteiger partial charge is 0.284 e. The van der Waals surface area contributed by atoms with Crippen LogP contribution in [0.4, 0.5) is 0 Å². The number of furan rings is 1. The first kappa shape index (κ1) is 17.5. The number of amides is 1. The quantitative estimate of drug-likeness (QED) is 0.644. The topological polar surface area (TPSA) is 99.6 Å². The van der Waals surface area contributed by atoms with E-state index >= 15 is 0 Å². The van der Waals surface area contributed by atoms with Gasteiger partial charge in [0.2, 0.25) is 5.91 Å². The summed E-state index contributed by atoms with van der Waals surface area (Å²) in [7, 11) is 0. The van der Waals surface area contributed by atoms with Crippen molar-refractivity contribution in [3.8, 4) is 23.1 Å². The van der Waals surface area contributed by atoms with Crippen LogP contribution in [-0.4, -0.2) is 35.1 Å². The molecule has 3 heterocycles. The molecule has 27 heavy (non-hydrogen) atoms. The molecule has 9 heteroatoms. The van der Waals surface area contributed by atoms with Gasteiger partial charge in [-0.25, -0.2) is 0 Å². The number of rotatable bonds is 6. The lowest BCUT2D eigenvalue weighted by Gasteiger charge is -2.21. The van der Waals surface area contributed by atoms with Crippen molar-refractivity contribution in [1.82, 2.24) is 15.5 Å². The molecular weight excluding hydrogens is 370 g/mol. The maximum atomic E-state index is 12.2. The van der Waals surface area contributed by atoms with Crippen LogP contribution in [0, 0.1) is 0 Å². The summed E-state index contributed by atoms with van der Waals surface area (Å²) in [4.78, 5) is 12.2. The summed E-state index contributed by atoms with van der Waals surface area (Å²) in [5, 5.41) is 11.1. The second-order valence-corrected chi connectivity index (χ2v) is 6.76. The van der Waals surface area contributed by atoms with E-state index in [1.54, 1.807) is 12.1 Å². The fourth-order valence-electron chi connectivity index (χ4n) is 2.59. The Morgan fingerprint density at radius 1 is 1.22 bits per heavy atom. The molecule has 1 aromatic carbocycles. The molecule has 0 saturated heterocycles. The first-order valence-electron chi connectivity index (χ1n) is 8.38. The number of benzene rings is 1. The Balaban J connectivity index is 1.31. The molecule has 0 fully saturated rings. The number of nitrogens with zero attached hydrogens (tertiary/aromatic N) is 2. The standard InChI is InChI=1S/C18H17N3O5S/c1-11(12-4-5-13-15(9-12)25-8-7-24-13)19-16(22)10-27-18-21-20-17(26-18)14-3-2-6-23-14/h2-6,9,11H,7-8,10H2,1H3,(H,19,22)/t11-/m1/s1. The highest BCUT2D eigenvalue weighted by Gasteiger charge is 2.17. The highest BCUT2D eigenvalue weighted by Crippen LogP contribution is 2.32. The average molecular weight is 387 g/mol. The number of aromatic nitrogens is 2. The molecule has 1 N–H and O–H groups in total. The zero-order chi connectivity index (χ0) is 18.6. The van der Waals surface area contributed by atoms with Crippen molar-refractivity contribution in [2.24, 2.45) is 0 Å². The molecule has 0 saturated carbocycles. The van der Waals surface area contributed by atoms with Crippen molar-refractivity contribution in [3.63, 3.8) is 0 Å². The van der Waals surface area contributed by atoms with Crippen LogP contribution in [0.15, 0.2) is 50.7 Å². The minimum absolute atomic E-state index is 0.139. The van der Waals surface area contributed by atoms with Crippen molar-refractivity contribution in [1.29, 1.82) is 0 Å². The zero-order valence-corrected chi connectivity index (χ0v) is 15.3. The number of carbonyl (C=O) groups excluding carboxylic acids is 1. The molecule has 0 aliphatic carbocycles. The molecule has 0 unspecified atom stereocenters. The van der Waals surface area contributed by atoms with E-state index in [0.29, 0.717) is 29.9 Å². The van der Waals surface area contributed by atoms with E-state index in [-0.39, 0.29) is 23.6 Å². The number of nitrogens with one attached hydrogen (secondary N) is 1. The van der Waals surface area contributed by atoms with Crippen LogP contribution in [-0.2, 0) is 4.79 Å². The van der Waals surface area contributed by atoms with E-state index in [4.69, 9.17) is 18.3 Å². The normalized spacial score (nSPS) is 14.0. The minimum Gasteiger partial charge on any atom is -0.486 e. The van der Waals surface area contributed by atoms with Gasteiger partial charge in [0.1, 0.15) is 13.2 Å². The van der Waals surface area contributed by atoms with Crippen LogP contribution in [0.1, 0.15) is 18.5 Å². The second-order valence-electron chi connectivity index (χ2n) is 5.83. The van der Waals surface area contributed by atoms with Gasteiger partial charge < -0.3 is 23.6 Å². The van der Waals surface area contributed by atoms with Gasteiger partial charge in [0.05, 0.1) is 18.1 Å². The molecule has 1 aliphatic heterocycles. The molecule has 4 rings (SSSR count). The van der Waals surface area contributed by atoms with E-state index in [1.807, 2.05) is 25.1 Å². The van der Waals surface area contributed by atoms with E-state index in [0.717, 1.165) is 11.3 Å². The molecule has 140 valence electrons. The molecule has 0 bridgehead atoms. The van der Waals surface area contributed by atoms with Crippen molar-refractivity contribution >= 4 is 17.7 Å². The average Bonchev–Trinajstić information content (AvgIpc) is 3.37. The molecular formula is C18H17N3O5S. The summed E-state index contributed by atoms with van der Waals surface area (Å²) in [6, 6.07) is 8.95. The molecule has 0 radical (unpaired) electrons. The number of carbonyl (C=O) groups is 1. The Kier molecular flexibility index (Phi) is 5.01. The summed E-state index contributed by atoms with van der Waals surface area (Å²) < 4.78 is 21.8. The predicted octanol–water partition coefficient (Wildman–Crippen LogP) is 3.07. The molecule has 2 aromatic heterocycles. The number of thioether (sulfide) groups is 1. The van der Waals surface area contributed by atoms with E-state index in [1.165, 1.54) is 18.0 Å². The summed E-state index contributed by atoms with van der Waals surface area (Å²) in [5.74, 6) is 2.22. The molecule has 3 aromatic rings. The van der Waals surface area contributed by atoms with Crippen molar-refractivity contribution in [3.05, 3.63) is 42.2 Å². The molecule has 1 amide bonds. The third kappa shape index (κ3) is 4.08. The van der Waals surface area contributed by atoms with Gasteiger partial charge in [-0.3, -0.25) is 4.79 Å². The largest absolute Gasteiger partial charge is 0.486 e. The van der Waals surface area contributed by atoms with Crippen LogP contribution in [0.3, 0.4) is 0 Å². The van der Waals surface area contributed by atoms with Gasteiger partial charge in [-0.05, 0) is 36.8 Å². The number of fused-ring (bicyclic) bond motifs is 1. The third-order valence-corrected chi connectivity index (χ3v) is 4.73. The van der Waals surface area contributed by atoms with Gasteiger partial charge in [0.15, 0.2) is 17.3 Å². The first-order chi connectivity index (χ1) is 13.2. The van der Waals surface area contributed by atoms with E-state index in [2.05, 4.69) is 15.5 Å². The lowest BCUT2D eigenvalue weighted by atomic mass is 10.1.